The number of carbonyl (C=O) groups is 1. The Balaban J connectivity index is 2.23. The molecule has 100 valence electrons. The van der Waals surface area contributed by atoms with Crippen LogP contribution in [-0.4, -0.2) is 56.5 Å². The minimum atomic E-state index is -2.83. The van der Waals surface area contributed by atoms with Gasteiger partial charge in [-0.1, -0.05) is 0 Å². The molecule has 17 heavy (non-hydrogen) atoms. The summed E-state index contributed by atoms with van der Waals surface area (Å²) in [6.07, 6.45) is 0. The lowest BCUT2D eigenvalue weighted by atomic mass is 10.5. The van der Waals surface area contributed by atoms with Crippen LogP contribution in [0.15, 0.2) is 0 Å². The predicted molar refractivity (Wildman–Crippen MR) is 90.8 cm³/mol. The Bertz CT molecular complexity index is 365. The van der Waals surface area contributed by atoms with Crippen molar-refractivity contribution in [1.29, 1.82) is 0 Å². The van der Waals surface area contributed by atoms with E-state index >= 15 is 0 Å². The lowest BCUT2D eigenvalue weighted by Crippen LogP contribution is -2.42. The van der Waals surface area contributed by atoms with Crippen molar-refractivity contribution < 1.29 is 17.9 Å². The molecule has 5 nitrogen and oxygen atoms in total. The number of ether oxygens (including phenoxy) is 1. The molecule has 0 radical (unpaired) electrons. The fourth-order valence-electron chi connectivity index (χ4n) is 1.32. The van der Waals surface area contributed by atoms with Gasteiger partial charge < -0.3 is 4.74 Å². The molecule has 0 amide bonds. The molecule has 0 unspecified atom stereocenters. The van der Waals surface area contributed by atoms with E-state index < -0.39 is 9.27 Å². The van der Waals surface area contributed by atoms with E-state index in [2.05, 4.69) is 0 Å². The summed E-state index contributed by atoms with van der Waals surface area (Å²) in [5.74, 6) is 0.148. The molecule has 1 saturated heterocycles. The molecule has 1 aliphatic heterocycles. The zero-order chi connectivity index (χ0) is 13.1. The van der Waals surface area contributed by atoms with Crippen LogP contribution in [0.4, 0.5) is 0 Å². The van der Waals surface area contributed by atoms with Gasteiger partial charge in [-0.3, -0.25) is 4.90 Å². The summed E-state index contributed by atoms with van der Waals surface area (Å²) >= 11 is 6.02. The summed E-state index contributed by atoms with van der Waals surface area (Å²) in [4.78, 5) is 13.5. The topological polar surface area (TPSA) is 63.7 Å². The average molecular weight is 599 g/mol. The van der Waals surface area contributed by atoms with Gasteiger partial charge in [-0.2, -0.15) is 0 Å². The number of carbonyl (C=O) groups excluding carboxylic acids is 1. The van der Waals surface area contributed by atoms with Gasteiger partial charge in [0.25, 0.3) is 0 Å². The van der Waals surface area contributed by atoms with Crippen molar-refractivity contribution in [2.24, 2.45) is 0 Å². The standard InChI is InChI=1S/C8H12I3NO4S/c9-8(10,11)7(13)16-4-1-12-2-5-17(14,15)6-3-12/h1-6H2. The normalized spacial score (nSPS) is 21.1. The van der Waals surface area contributed by atoms with Gasteiger partial charge in [-0.05, 0) is 67.8 Å². The predicted octanol–water partition coefficient (Wildman–Crippen LogP) is 1.22. The van der Waals surface area contributed by atoms with Gasteiger partial charge in [-0.15, -0.1) is 0 Å². The summed E-state index contributed by atoms with van der Waals surface area (Å²) in [5.41, 5.74) is 0. The molecule has 0 aromatic carbocycles. The Labute approximate surface area is 142 Å². The van der Waals surface area contributed by atoms with E-state index in [4.69, 9.17) is 4.74 Å². The lowest BCUT2D eigenvalue weighted by Gasteiger charge is -2.26. The van der Waals surface area contributed by atoms with Gasteiger partial charge in [0.15, 0.2) is 9.84 Å². The van der Waals surface area contributed by atoms with Gasteiger partial charge in [0.1, 0.15) is 6.61 Å². The second-order valence-corrected chi connectivity index (χ2v) is 17.0. The maximum Gasteiger partial charge on any atom is 0.342 e. The van der Waals surface area contributed by atoms with Gasteiger partial charge in [0, 0.05) is 19.6 Å². The second-order valence-electron chi connectivity index (χ2n) is 3.63. The van der Waals surface area contributed by atoms with Gasteiger partial charge in [0.2, 0.25) is -0.565 Å². The Morgan fingerprint density at radius 2 is 1.76 bits per heavy atom. The van der Waals surface area contributed by atoms with E-state index in [-0.39, 0.29) is 17.5 Å². The number of rotatable bonds is 4. The van der Waals surface area contributed by atoms with Crippen LogP contribution in [0.5, 0.6) is 0 Å². The van der Waals surface area contributed by atoms with E-state index in [1.165, 1.54) is 0 Å². The van der Waals surface area contributed by atoms with Crippen molar-refractivity contribution in [1.82, 2.24) is 4.90 Å². The van der Waals surface area contributed by atoms with Crippen LogP contribution >= 0.6 is 67.8 Å². The van der Waals surface area contributed by atoms with Crippen molar-refractivity contribution in [2.75, 3.05) is 37.7 Å². The van der Waals surface area contributed by atoms with Crippen molar-refractivity contribution in [3.05, 3.63) is 0 Å². The Kier molecular flexibility index (Phi) is 6.68. The molecule has 9 heteroatoms. The van der Waals surface area contributed by atoms with Crippen LogP contribution in [0, 0.1) is 0 Å². The summed E-state index contributed by atoms with van der Waals surface area (Å²) in [6.45, 7) is 1.98. The number of alkyl halides is 3. The highest BCUT2D eigenvalue weighted by Gasteiger charge is 2.30. The number of hydrogen-bond donors (Lipinski definition) is 0. The van der Waals surface area contributed by atoms with E-state index in [1.54, 1.807) is 0 Å². The fourth-order valence-corrected chi connectivity index (χ4v) is 3.07. The highest BCUT2D eigenvalue weighted by atomic mass is 127. The minimum Gasteiger partial charge on any atom is -0.462 e. The number of hydrogen-bond acceptors (Lipinski definition) is 5. The van der Waals surface area contributed by atoms with E-state index in [9.17, 15) is 13.2 Å². The van der Waals surface area contributed by atoms with Crippen LogP contribution in [0.2, 0.25) is 0 Å². The number of halogens is 3. The van der Waals surface area contributed by atoms with Crippen molar-refractivity contribution in [3.8, 4) is 0 Å². The molecule has 0 N–H and O–H groups in total. The highest BCUT2D eigenvalue weighted by molar-refractivity contribution is 14.3. The Morgan fingerprint density at radius 3 is 2.24 bits per heavy atom. The van der Waals surface area contributed by atoms with Crippen LogP contribution in [0.25, 0.3) is 0 Å². The third-order valence-corrected chi connectivity index (χ3v) is 5.24. The van der Waals surface area contributed by atoms with Crippen LogP contribution in [-0.2, 0) is 19.4 Å². The third kappa shape index (κ3) is 6.51. The molecule has 0 aliphatic carbocycles. The first-order valence-electron chi connectivity index (χ1n) is 4.87. The van der Waals surface area contributed by atoms with E-state index in [0.29, 0.717) is 26.2 Å². The maximum atomic E-state index is 11.5. The summed E-state index contributed by atoms with van der Waals surface area (Å²) in [6, 6.07) is 0. The van der Waals surface area contributed by atoms with Crippen molar-refractivity contribution >= 4 is 83.6 Å². The Morgan fingerprint density at radius 1 is 1.24 bits per heavy atom. The lowest BCUT2D eigenvalue weighted by molar-refractivity contribution is -0.141. The van der Waals surface area contributed by atoms with E-state index in [1.807, 2.05) is 72.7 Å². The minimum absolute atomic E-state index is 0.204. The SMILES string of the molecule is O=C(OCCN1CCS(=O)(=O)CC1)C(I)(I)I. The fraction of sp³-hybridized carbons (Fsp3) is 0.875. The molecule has 0 spiro atoms. The van der Waals surface area contributed by atoms with Crippen LogP contribution < -0.4 is 0 Å². The molecule has 1 rings (SSSR count). The smallest absolute Gasteiger partial charge is 0.342 e. The maximum absolute atomic E-state index is 11.5. The summed E-state index contributed by atoms with van der Waals surface area (Å²) < 4.78 is 26.9. The Hall–Kier alpha value is 1.57. The van der Waals surface area contributed by atoms with Gasteiger partial charge in [-0.25, -0.2) is 13.2 Å². The summed E-state index contributed by atoms with van der Waals surface area (Å²) in [7, 11) is -2.83. The summed E-state index contributed by atoms with van der Waals surface area (Å²) in [5, 5.41) is 0. The van der Waals surface area contributed by atoms with Gasteiger partial charge in [0.05, 0.1) is 11.5 Å². The zero-order valence-electron chi connectivity index (χ0n) is 8.86. The number of sulfone groups is 1. The van der Waals surface area contributed by atoms with Crippen molar-refractivity contribution in [2.45, 2.75) is -0.565 Å². The molecule has 0 bridgehead atoms. The number of esters is 1. The van der Waals surface area contributed by atoms with Crippen LogP contribution in [0.3, 0.4) is 0 Å². The van der Waals surface area contributed by atoms with Crippen LogP contribution in [0.1, 0.15) is 0 Å². The molecule has 1 aliphatic rings. The zero-order valence-corrected chi connectivity index (χ0v) is 16.2. The molecule has 0 saturated carbocycles. The molecule has 0 atom stereocenters. The van der Waals surface area contributed by atoms with Gasteiger partial charge >= 0.3 is 5.97 Å². The number of nitrogens with zero attached hydrogens (tertiary/aromatic N) is 1. The first kappa shape index (κ1) is 16.6. The van der Waals surface area contributed by atoms with Crippen molar-refractivity contribution in [3.63, 3.8) is 0 Å². The molecule has 1 heterocycles. The molecular weight excluding hydrogens is 587 g/mol. The molecular formula is C8H12I3NO4S. The molecule has 1 fully saturated rings. The highest BCUT2D eigenvalue weighted by Crippen LogP contribution is 2.36. The largest absolute Gasteiger partial charge is 0.462 e. The molecule has 0 aromatic heterocycles. The average Bonchev–Trinajstić information content (AvgIpc) is 2.19. The second kappa shape index (κ2) is 6.83. The third-order valence-electron chi connectivity index (χ3n) is 2.31. The first-order valence-corrected chi connectivity index (χ1v) is 9.93. The quantitative estimate of drug-likeness (QED) is 0.277. The monoisotopic (exact) mass is 599 g/mol. The first-order chi connectivity index (χ1) is 7.71. The molecule has 0 aromatic rings. The van der Waals surface area contributed by atoms with E-state index in [0.717, 1.165) is 0 Å².